The van der Waals surface area contributed by atoms with Crippen LogP contribution in [0.15, 0.2) is 24.5 Å². The minimum Gasteiger partial charge on any atom is -0.326 e. The quantitative estimate of drug-likeness (QED) is 0.799. The average molecular weight is 202 g/mol. The Morgan fingerprint density at radius 2 is 2.13 bits per heavy atom. The molecule has 4 heteroatoms. The van der Waals surface area contributed by atoms with Crippen LogP contribution >= 0.6 is 0 Å². The van der Waals surface area contributed by atoms with E-state index in [1.54, 1.807) is 6.20 Å². The van der Waals surface area contributed by atoms with E-state index >= 15 is 0 Å². The highest BCUT2D eigenvalue weighted by Crippen LogP contribution is 2.13. The van der Waals surface area contributed by atoms with Crippen molar-refractivity contribution >= 4 is 0 Å². The maximum Gasteiger partial charge on any atom is 0.142 e. The van der Waals surface area contributed by atoms with Crippen molar-refractivity contribution in [2.75, 3.05) is 0 Å². The molecule has 0 fully saturated rings. The Morgan fingerprint density at radius 1 is 1.33 bits per heavy atom. The Hall–Kier alpha value is -1.68. The van der Waals surface area contributed by atoms with Crippen LogP contribution in [0, 0.1) is 13.8 Å². The second-order valence-electron chi connectivity index (χ2n) is 3.48. The van der Waals surface area contributed by atoms with Crippen molar-refractivity contribution in [3.05, 3.63) is 41.6 Å². The Labute approximate surface area is 88.8 Å². The first-order valence-corrected chi connectivity index (χ1v) is 4.89. The number of pyridine rings is 1. The Morgan fingerprint density at radius 3 is 2.73 bits per heavy atom. The summed E-state index contributed by atoms with van der Waals surface area (Å²) >= 11 is 0. The summed E-state index contributed by atoms with van der Waals surface area (Å²) in [6.07, 6.45) is 3.66. The van der Waals surface area contributed by atoms with E-state index in [1.165, 1.54) is 0 Å². The number of aryl methyl sites for hydroxylation is 2. The number of nitrogens with zero attached hydrogens (tertiary/aromatic N) is 3. The fraction of sp³-hybridized carbons (Fsp3) is 0.273. The summed E-state index contributed by atoms with van der Waals surface area (Å²) in [6.45, 7) is 4.40. The van der Waals surface area contributed by atoms with Gasteiger partial charge < -0.3 is 5.73 Å². The average Bonchev–Trinajstić information content (AvgIpc) is 2.64. The van der Waals surface area contributed by atoms with Gasteiger partial charge in [-0.05, 0) is 19.9 Å². The SMILES string of the molecule is Cc1ccc(CN)c(-n2ccnc2C)n1. The van der Waals surface area contributed by atoms with Crippen LogP contribution in [0.25, 0.3) is 5.82 Å². The minimum atomic E-state index is 0.486. The Kier molecular flexibility index (Phi) is 2.51. The van der Waals surface area contributed by atoms with Gasteiger partial charge in [0.1, 0.15) is 11.6 Å². The molecule has 0 saturated heterocycles. The Bertz CT molecular complexity index is 473. The third kappa shape index (κ3) is 1.76. The monoisotopic (exact) mass is 202 g/mol. The number of imidazole rings is 1. The fourth-order valence-electron chi connectivity index (χ4n) is 1.54. The van der Waals surface area contributed by atoms with Gasteiger partial charge in [-0.25, -0.2) is 9.97 Å². The molecule has 0 aliphatic heterocycles. The third-order valence-electron chi connectivity index (χ3n) is 2.37. The van der Waals surface area contributed by atoms with E-state index in [2.05, 4.69) is 9.97 Å². The molecule has 0 atom stereocenters. The van der Waals surface area contributed by atoms with Crippen molar-refractivity contribution in [1.29, 1.82) is 0 Å². The van der Waals surface area contributed by atoms with E-state index in [0.29, 0.717) is 6.54 Å². The molecular weight excluding hydrogens is 188 g/mol. The molecule has 0 aliphatic carbocycles. The van der Waals surface area contributed by atoms with Gasteiger partial charge in [-0.3, -0.25) is 4.57 Å². The highest BCUT2D eigenvalue weighted by atomic mass is 15.1. The molecule has 0 unspecified atom stereocenters. The Balaban J connectivity index is 2.60. The van der Waals surface area contributed by atoms with E-state index in [1.807, 2.05) is 36.7 Å². The van der Waals surface area contributed by atoms with Crippen molar-refractivity contribution < 1.29 is 0 Å². The van der Waals surface area contributed by atoms with E-state index < -0.39 is 0 Å². The van der Waals surface area contributed by atoms with Crippen LogP contribution in [-0.2, 0) is 6.54 Å². The molecule has 2 N–H and O–H groups in total. The molecule has 2 heterocycles. The van der Waals surface area contributed by atoms with Gasteiger partial charge in [0, 0.05) is 30.2 Å². The van der Waals surface area contributed by atoms with Crippen LogP contribution in [0.2, 0.25) is 0 Å². The van der Waals surface area contributed by atoms with Gasteiger partial charge in [0.05, 0.1) is 0 Å². The first-order chi connectivity index (χ1) is 7.22. The lowest BCUT2D eigenvalue weighted by molar-refractivity contribution is 0.885. The molecule has 0 amide bonds. The summed E-state index contributed by atoms with van der Waals surface area (Å²) in [7, 11) is 0. The second kappa shape index (κ2) is 3.82. The first-order valence-electron chi connectivity index (χ1n) is 4.89. The van der Waals surface area contributed by atoms with E-state index in [0.717, 1.165) is 22.9 Å². The van der Waals surface area contributed by atoms with E-state index in [4.69, 9.17) is 5.73 Å². The predicted octanol–water partition coefficient (Wildman–Crippen LogP) is 1.34. The summed E-state index contributed by atoms with van der Waals surface area (Å²) in [5.74, 6) is 1.80. The number of hydrogen-bond acceptors (Lipinski definition) is 3. The van der Waals surface area contributed by atoms with Gasteiger partial charge in [0.15, 0.2) is 0 Å². The third-order valence-corrected chi connectivity index (χ3v) is 2.37. The van der Waals surface area contributed by atoms with Crippen LogP contribution in [0.4, 0.5) is 0 Å². The second-order valence-corrected chi connectivity index (χ2v) is 3.48. The first kappa shape index (κ1) is 9.86. The van der Waals surface area contributed by atoms with E-state index in [9.17, 15) is 0 Å². The largest absolute Gasteiger partial charge is 0.326 e. The normalized spacial score (nSPS) is 10.6. The van der Waals surface area contributed by atoms with E-state index in [-0.39, 0.29) is 0 Å². The van der Waals surface area contributed by atoms with Gasteiger partial charge >= 0.3 is 0 Å². The summed E-state index contributed by atoms with van der Waals surface area (Å²) in [4.78, 5) is 8.67. The van der Waals surface area contributed by atoms with Crippen molar-refractivity contribution in [3.63, 3.8) is 0 Å². The predicted molar refractivity (Wildman–Crippen MR) is 58.7 cm³/mol. The van der Waals surface area contributed by atoms with Crippen LogP contribution in [0.1, 0.15) is 17.1 Å². The topological polar surface area (TPSA) is 56.7 Å². The van der Waals surface area contributed by atoms with Crippen LogP contribution in [0.5, 0.6) is 0 Å². The molecule has 0 aromatic carbocycles. The molecule has 0 bridgehead atoms. The number of nitrogens with two attached hydrogens (primary N) is 1. The molecular formula is C11H14N4. The van der Waals surface area contributed by atoms with Crippen molar-refractivity contribution in [2.24, 2.45) is 5.73 Å². The van der Waals surface area contributed by atoms with Gasteiger partial charge in [-0.15, -0.1) is 0 Å². The smallest absolute Gasteiger partial charge is 0.142 e. The molecule has 0 radical (unpaired) electrons. The standard InChI is InChI=1S/C11H14N4/c1-8-3-4-10(7-12)11(14-8)15-6-5-13-9(15)2/h3-6H,7,12H2,1-2H3. The maximum atomic E-state index is 5.68. The maximum absolute atomic E-state index is 5.68. The number of rotatable bonds is 2. The zero-order chi connectivity index (χ0) is 10.8. The lowest BCUT2D eigenvalue weighted by Crippen LogP contribution is -2.08. The molecule has 15 heavy (non-hydrogen) atoms. The molecule has 2 aromatic rings. The summed E-state index contributed by atoms with van der Waals surface area (Å²) in [6, 6.07) is 3.98. The molecule has 2 rings (SSSR count). The molecule has 78 valence electrons. The number of hydrogen-bond donors (Lipinski definition) is 1. The van der Waals surface area contributed by atoms with Gasteiger partial charge in [0.2, 0.25) is 0 Å². The van der Waals surface area contributed by atoms with Gasteiger partial charge in [-0.2, -0.15) is 0 Å². The molecule has 4 nitrogen and oxygen atoms in total. The van der Waals surface area contributed by atoms with Crippen LogP contribution in [-0.4, -0.2) is 14.5 Å². The minimum absolute atomic E-state index is 0.486. The zero-order valence-electron chi connectivity index (χ0n) is 8.94. The molecule has 0 spiro atoms. The van der Waals surface area contributed by atoms with Gasteiger partial charge in [-0.1, -0.05) is 6.07 Å². The fourth-order valence-corrected chi connectivity index (χ4v) is 1.54. The highest BCUT2D eigenvalue weighted by Gasteiger charge is 2.07. The summed E-state index contributed by atoms with van der Waals surface area (Å²) < 4.78 is 1.95. The zero-order valence-corrected chi connectivity index (χ0v) is 8.94. The van der Waals surface area contributed by atoms with Crippen LogP contribution in [0.3, 0.4) is 0 Å². The van der Waals surface area contributed by atoms with Crippen LogP contribution < -0.4 is 5.73 Å². The van der Waals surface area contributed by atoms with Gasteiger partial charge in [0.25, 0.3) is 0 Å². The number of aromatic nitrogens is 3. The molecule has 0 aliphatic rings. The lowest BCUT2D eigenvalue weighted by Gasteiger charge is -2.09. The van der Waals surface area contributed by atoms with Crippen molar-refractivity contribution in [1.82, 2.24) is 14.5 Å². The van der Waals surface area contributed by atoms with Crippen molar-refractivity contribution in [3.8, 4) is 5.82 Å². The lowest BCUT2D eigenvalue weighted by atomic mass is 10.2. The van der Waals surface area contributed by atoms with Crippen molar-refractivity contribution in [2.45, 2.75) is 20.4 Å². The molecule has 0 saturated carbocycles. The highest BCUT2D eigenvalue weighted by molar-refractivity contribution is 5.36. The summed E-state index contributed by atoms with van der Waals surface area (Å²) in [5, 5.41) is 0. The summed E-state index contributed by atoms with van der Waals surface area (Å²) in [5.41, 5.74) is 7.69. The molecule has 2 aromatic heterocycles.